The number of piperazine rings is 1. The summed E-state index contributed by atoms with van der Waals surface area (Å²) in [6.07, 6.45) is 0. The fraction of sp³-hybridized carbons (Fsp3) is 0.923. The summed E-state index contributed by atoms with van der Waals surface area (Å²) in [5.41, 5.74) is 5.71. The van der Waals surface area contributed by atoms with Crippen molar-refractivity contribution >= 4 is 43.1 Å². The molecule has 0 aromatic heterocycles. The summed E-state index contributed by atoms with van der Waals surface area (Å²) in [4.78, 5) is 16.6. The van der Waals surface area contributed by atoms with Crippen molar-refractivity contribution in [2.75, 3.05) is 45.8 Å². The van der Waals surface area contributed by atoms with Crippen molar-refractivity contribution in [3.63, 3.8) is 0 Å². The third kappa shape index (κ3) is 9.76. The average Bonchev–Trinajstić information content (AvgIpc) is 2.38. The maximum absolute atomic E-state index is 11.7. The van der Waals surface area contributed by atoms with Crippen LogP contribution in [0, 0.1) is 5.92 Å². The van der Waals surface area contributed by atoms with Gasteiger partial charge < -0.3 is 16.0 Å². The molecule has 3 N–H and O–H groups in total. The lowest BCUT2D eigenvalue weighted by Gasteiger charge is -2.34. The molecule has 21 heavy (non-hydrogen) atoms. The van der Waals surface area contributed by atoms with Gasteiger partial charge >= 0.3 is 0 Å². The minimum absolute atomic E-state index is 0. The molecule has 5 nitrogen and oxygen atoms in total. The molecule has 0 saturated carbocycles. The van der Waals surface area contributed by atoms with Crippen molar-refractivity contribution in [2.24, 2.45) is 11.7 Å². The van der Waals surface area contributed by atoms with Gasteiger partial charge in [0.05, 0.1) is 0 Å². The average molecular weight is 366 g/mol. The van der Waals surface area contributed by atoms with Crippen LogP contribution in [0.4, 0.5) is 0 Å². The Kier molecular flexibility index (Phi) is 17.2. The lowest BCUT2D eigenvalue weighted by molar-refractivity contribution is -0.125. The van der Waals surface area contributed by atoms with Gasteiger partial charge in [0.1, 0.15) is 0 Å². The van der Waals surface area contributed by atoms with Crippen LogP contribution in [0.2, 0.25) is 0 Å². The number of rotatable bonds is 6. The van der Waals surface area contributed by atoms with Crippen molar-refractivity contribution in [2.45, 2.75) is 26.8 Å². The Balaban J connectivity index is -0.00000108. The highest BCUT2D eigenvalue weighted by Crippen LogP contribution is 2.01. The van der Waals surface area contributed by atoms with E-state index in [1.807, 2.05) is 13.8 Å². The van der Waals surface area contributed by atoms with E-state index in [4.69, 9.17) is 5.73 Å². The van der Waals surface area contributed by atoms with Crippen LogP contribution in [0.1, 0.15) is 20.8 Å². The number of carbonyl (C=O) groups excluding carboxylic acids is 1. The molecule has 0 radical (unpaired) electrons. The predicted octanol–water partition coefficient (Wildman–Crippen LogP) is 0.989. The summed E-state index contributed by atoms with van der Waals surface area (Å²) in [5.74, 6) is -0.0425. The number of amides is 1. The molecule has 1 heterocycles. The second-order valence-corrected chi connectivity index (χ2v) is 5.21. The maximum atomic E-state index is 11.7. The lowest BCUT2D eigenvalue weighted by atomic mass is 10.0. The Morgan fingerprint density at radius 3 is 2.00 bits per heavy atom. The summed E-state index contributed by atoms with van der Waals surface area (Å²) in [6, 6.07) is -0.0851. The zero-order valence-electron chi connectivity index (χ0n) is 13.2. The Morgan fingerprint density at radius 2 is 1.57 bits per heavy atom. The summed E-state index contributed by atoms with van der Waals surface area (Å²) in [5, 5.41) is 2.96. The fourth-order valence-corrected chi connectivity index (χ4v) is 2.07. The molecular formula is C13H31Cl3N4O. The normalized spacial score (nSPS) is 18.5. The van der Waals surface area contributed by atoms with Crippen LogP contribution < -0.4 is 11.1 Å². The van der Waals surface area contributed by atoms with Crippen LogP contribution >= 0.6 is 37.2 Å². The van der Waals surface area contributed by atoms with Crippen LogP contribution in [-0.2, 0) is 4.79 Å². The van der Waals surface area contributed by atoms with Gasteiger partial charge in [-0.1, -0.05) is 13.8 Å². The molecule has 0 bridgehead atoms. The van der Waals surface area contributed by atoms with E-state index in [-0.39, 0.29) is 55.1 Å². The molecule has 0 aromatic rings. The summed E-state index contributed by atoms with van der Waals surface area (Å²) in [7, 11) is 0. The SMILES string of the molecule is CCN1CCN(CCNC(=O)C(C)C(C)N)CC1.Cl.Cl.Cl. The molecule has 2 unspecified atom stereocenters. The number of nitrogens with zero attached hydrogens (tertiary/aromatic N) is 2. The van der Waals surface area contributed by atoms with Crippen molar-refractivity contribution in [1.82, 2.24) is 15.1 Å². The van der Waals surface area contributed by atoms with E-state index in [2.05, 4.69) is 22.0 Å². The monoisotopic (exact) mass is 364 g/mol. The fourth-order valence-electron chi connectivity index (χ4n) is 2.07. The van der Waals surface area contributed by atoms with E-state index in [0.29, 0.717) is 0 Å². The van der Waals surface area contributed by atoms with E-state index >= 15 is 0 Å². The summed E-state index contributed by atoms with van der Waals surface area (Å²) in [6.45, 7) is 13.2. The number of nitrogens with one attached hydrogen (secondary N) is 1. The molecule has 2 atom stereocenters. The number of hydrogen-bond acceptors (Lipinski definition) is 4. The number of halogens is 3. The molecule has 8 heteroatoms. The molecule has 1 saturated heterocycles. The Labute approximate surface area is 147 Å². The van der Waals surface area contributed by atoms with Gasteiger partial charge in [-0.3, -0.25) is 9.69 Å². The van der Waals surface area contributed by atoms with E-state index in [1.54, 1.807) is 0 Å². The molecule has 130 valence electrons. The minimum atomic E-state index is -0.109. The van der Waals surface area contributed by atoms with Crippen LogP contribution in [0.15, 0.2) is 0 Å². The van der Waals surface area contributed by atoms with Crippen LogP contribution in [0.25, 0.3) is 0 Å². The van der Waals surface area contributed by atoms with Gasteiger partial charge in [0.2, 0.25) is 5.91 Å². The maximum Gasteiger partial charge on any atom is 0.224 e. The molecule has 0 aromatic carbocycles. The molecule has 0 spiro atoms. The van der Waals surface area contributed by atoms with E-state index in [1.165, 1.54) is 0 Å². The van der Waals surface area contributed by atoms with Crippen LogP contribution in [0.5, 0.6) is 0 Å². The Morgan fingerprint density at radius 1 is 1.10 bits per heavy atom. The molecule has 1 rings (SSSR count). The Bertz CT molecular complexity index is 262. The van der Waals surface area contributed by atoms with Crippen molar-refractivity contribution in [1.29, 1.82) is 0 Å². The first kappa shape index (κ1) is 26.1. The third-order valence-electron chi connectivity index (χ3n) is 3.84. The zero-order chi connectivity index (χ0) is 13.5. The standard InChI is InChI=1S/C13H28N4O.3ClH/c1-4-16-7-9-17(10-8-16)6-5-15-13(18)11(2)12(3)14;;;/h11-12H,4-10,14H2,1-3H3,(H,15,18);3*1H. The molecule has 1 aliphatic heterocycles. The molecule has 1 aliphatic rings. The third-order valence-corrected chi connectivity index (χ3v) is 3.84. The smallest absolute Gasteiger partial charge is 0.224 e. The first-order valence-corrected chi connectivity index (χ1v) is 7.02. The number of likely N-dealkylation sites (N-methyl/N-ethyl adjacent to an activating group) is 1. The van der Waals surface area contributed by atoms with Crippen molar-refractivity contribution in [3.8, 4) is 0 Å². The second-order valence-electron chi connectivity index (χ2n) is 5.21. The first-order chi connectivity index (χ1) is 8.54. The first-order valence-electron chi connectivity index (χ1n) is 7.02. The van der Waals surface area contributed by atoms with E-state index < -0.39 is 0 Å². The van der Waals surface area contributed by atoms with Gasteiger partial charge in [0, 0.05) is 51.2 Å². The van der Waals surface area contributed by atoms with E-state index in [0.717, 1.165) is 45.8 Å². The summed E-state index contributed by atoms with van der Waals surface area (Å²) < 4.78 is 0. The van der Waals surface area contributed by atoms with Crippen molar-refractivity contribution in [3.05, 3.63) is 0 Å². The quantitative estimate of drug-likeness (QED) is 0.737. The van der Waals surface area contributed by atoms with Gasteiger partial charge in [-0.15, -0.1) is 37.2 Å². The van der Waals surface area contributed by atoms with Crippen LogP contribution in [-0.4, -0.2) is 67.6 Å². The van der Waals surface area contributed by atoms with Gasteiger partial charge in [-0.25, -0.2) is 0 Å². The molecule has 1 amide bonds. The van der Waals surface area contributed by atoms with Gasteiger partial charge in [-0.05, 0) is 13.5 Å². The van der Waals surface area contributed by atoms with Crippen LogP contribution in [0.3, 0.4) is 0 Å². The summed E-state index contributed by atoms with van der Waals surface area (Å²) >= 11 is 0. The van der Waals surface area contributed by atoms with Gasteiger partial charge in [0.15, 0.2) is 0 Å². The zero-order valence-corrected chi connectivity index (χ0v) is 15.7. The number of carbonyl (C=O) groups is 1. The molecule has 0 aliphatic carbocycles. The number of hydrogen-bond donors (Lipinski definition) is 2. The second kappa shape index (κ2) is 13.9. The van der Waals surface area contributed by atoms with Gasteiger partial charge in [-0.2, -0.15) is 0 Å². The van der Waals surface area contributed by atoms with Crippen molar-refractivity contribution < 1.29 is 4.79 Å². The predicted molar refractivity (Wildman–Crippen MR) is 96.1 cm³/mol. The molecular weight excluding hydrogens is 335 g/mol. The Hall–Kier alpha value is 0.220. The number of nitrogens with two attached hydrogens (primary N) is 1. The molecule has 1 fully saturated rings. The highest BCUT2D eigenvalue weighted by atomic mass is 35.5. The van der Waals surface area contributed by atoms with Gasteiger partial charge in [0.25, 0.3) is 0 Å². The topological polar surface area (TPSA) is 61.6 Å². The largest absolute Gasteiger partial charge is 0.355 e. The minimum Gasteiger partial charge on any atom is -0.355 e. The highest BCUT2D eigenvalue weighted by Gasteiger charge is 2.18. The highest BCUT2D eigenvalue weighted by molar-refractivity contribution is 5.86. The lowest BCUT2D eigenvalue weighted by Crippen LogP contribution is -2.49. The van der Waals surface area contributed by atoms with E-state index in [9.17, 15) is 4.79 Å².